The molecule has 1 aromatic heterocycles. The number of urea groups is 1. The van der Waals surface area contributed by atoms with Crippen molar-refractivity contribution in [1.82, 2.24) is 10.4 Å². The monoisotopic (exact) mass is 405 g/mol. The summed E-state index contributed by atoms with van der Waals surface area (Å²) in [6.07, 6.45) is -3.01. The van der Waals surface area contributed by atoms with Crippen molar-refractivity contribution in [2.75, 3.05) is 4.72 Å². The van der Waals surface area contributed by atoms with Crippen molar-refractivity contribution < 1.29 is 18.0 Å². The first-order valence-corrected chi connectivity index (χ1v) is 8.73. The molecule has 2 aromatic carbocycles. The molecule has 6 nitrogen and oxygen atoms in total. The number of para-hydroxylation sites is 1. The Hall–Kier alpha value is -3.27. The maximum absolute atomic E-state index is 12.6. The second kappa shape index (κ2) is 8.17. The topological polar surface area (TPSA) is 92.4 Å². The van der Waals surface area contributed by atoms with Gasteiger partial charge in [-0.2, -0.15) is 18.3 Å². The van der Waals surface area contributed by atoms with E-state index in [1.807, 2.05) is 18.2 Å². The number of hydrogen-bond donors (Lipinski definition) is 3. The van der Waals surface area contributed by atoms with Crippen molar-refractivity contribution in [3.63, 3.8) is 0 Å². The maximum atomic E-state index is 12.6. The van der Waals surface area contributed by atoms with Crippen LogP contribution in [-0.4, -0.2) is 17.2 Å². The number of hydrogen-bond acceptors (Lipinski definition) is 5. The number of benzene rings is 2. The molecule has 0 aliphatic carbocycles. The quantitative estimate of drug-likeness (QED) is 0.334. The van der Waals surface area contributed by atoms with E-state index >= 15 is 0 Å². The number of aromatic nitrogens is 1. The molecule has 28 heavy (non-hydrogen) atoms. The van der Waals surface area contributed by atoms with E-state index in [0.29, 0.717) is 21.8 Å². The summed E-state index contributed by atoms with van der Waals surface area (Å²) >= 11 is 1.17. The lowest BCUT2D eigenvalue weighted by Gasteiger charge is -2.10. The second-order valence-electron chi connectivity index (χ2n) is 5.57. The van der Waals surface area contributed by atoms with Crippen molar-refractivity contribution >= 4 is 40.8 Å². The highest BCUT2D eigenvalue weighted by Gasteiger charge is 2.29. The van der Waals surface area contributed by atoms with E-state index in [0.717, 1.165) is 17.5 Å². The average Bonchev–Trinajstić information content (AvgIpc) is 2.65. The molecule has 0 fully saturated rings. The number of rotatable bonds is 5. The summed E-state index contributed by atoms with van der Waals surface area (Å²) in [6.45, 7) is 0. The van der Waals surface area contributed by atoms with Crippen LogP contribution in [0.3, 0.4) is 0 Å². The van der Waals surface area contributed by atoms with Crippen LogP contribution in [0.1, 0.15) is 11.3 Å². The Morgan fingerprint density at radius 2 is 1.86 bits per heavy atom. The summed E-state index contributed by atoms with van der Waals surface area (Å²) in [5.41, 5.74) is 8.15. The number of nitrogens with two attached hydrogens (primary N) is 1. The number of fused-ring (bicyclic) bond motifs is 1. The van der Waals surface area contributed by atoms with Crippen molar-refractivity contribution in [2.24, 2.45) is 10.8 Å². The molecule has 0 aliphatic rings. The van der Waals surface area contributed by atoms with Gasteiger partial charge in [-0.15, -0.1) is 0 Å². The summed E-state index contributed by atoms with van der Waals surface area (Å²) in [7, 11) is 0. The Bertz CT molecular complexity index is 1020. The van der Waals surface area contributed by atoms with Crippen molar-refractivity contribution in [2.45, 2.75) is 11.1 Å². The van der Waals surface area contributed by atoms with E-state index in [2.05, 4.69) is 20.2 Å². The summed E-state index contributed by atoms with van der Waals surface area (Å²) < 4.78 is 41.0. The Morgan fingerprint density at radius 3 is 2.54 bits per heavy atom. The molecule has 0 bridgehead atoms. The first-order valence-electron chi connectivity index (χ1n) is 7.91. The molecule has 144 valence electrons. The highest BCUT2D eigenvalue weighted by atomic mass is 32.2. The van der Waals surface area contributed by atoms with Crippen LogP contribution in [0.15, 0.2) is 64.6 Å². The number of halogens is 3. The molecule has 2 amide bonds. The zero-order valence-electron chi connectivity index (χ0n) is 14.2. The van der Waals surface area contributed by atoms with E-state index in [4.69, 9.17) is 5.73 Å². The van der Waals surface area contributed by atoms with Crippen LogP contribution in [0, 0.1) is 0 Å². The van der Waals surface area contributed by atoms with E-state index in [1.165, 1.54) is 30.3 Å². The normalized spacial score (nSPS) is 11.7. The number of hydrazone groups is 1. The minimum atomic E-state index is -4.36. The number of carbonyl (C=O) groups is 1. The Labute approximate surface area is 162 Å². The molecule has 0 saturated carbocycles. The van der Waals surface area contributed by atoms with Crippen molar-refractivity contribution in [1.29, 1.82) is 0 Å². The predicted molar refractivity (Wildman–Crippen MR) is 103 cm³/mol. The molecule has 1 heterocycles. The predicted octanol–water partition coefficient (Wildman–Crippen LogP) is 4.38. The number of anilines is 1. The number of carbonyl (C=O) groups excluding carboxylic acids is 1. The van der Waals surface area contributed by atoms with Gasteiger partial charge in [-0.05, 0) is 48.3 Å². The van der Waals surface area contributed by atoms with Crippen LogP contribution in [-0.2, 0) is 6.18 Å². The van der Waals surface area contributed by atoms with Gasteiger partial charge in [-0.25, -0.2) is 15.2 Å². The smallest absolute Gasteiger partial charge is 0.350 e. The van der Waals surface area contributed by atoms with Gasteiger partial charge < -0.3 is 10.5 Å². The Balaban J connectivity index is 1.78. The number of alkyl halides is 3. The fourth-order valence-corrected chi connectivity index (χ4v) is 2.97. The van der Waals surface area contributed by atoms with E-state index in [-0.39, 0.29) is 0 Å². The zero-order valence-corrected chi connectivity index (χ0v) is 15.0. The van der Waals surface area contributed by atoms with Gasteiger partial charge in [0, 0.05) is 10.3 Å². The van der Waals surface area contributed by atoms with Gasteiger partial charge in [0.25, 0.3) is 0 Å². The molecule has 0 saturated heterocycles. The van der Waals surface area contributed by atoms with E-state index < -0.39 is 17.8 Å². The minimum Gasteiger partial charge on any atom is -0.350 e. The standard InChI is InChI=1S/C18H14F3N5OS/c19-18(20,21)12-5-8-14(9-6-12)28-26-15-3-1-2-11-4-7-13(24-16(11)15)10-23-25-17(22)27/h1-10,26H,(H3,22,25,27)/b23-10+. The van der Waals surface area contributed by atoms with Crippen LogP contribution in [0.4, 0.5) is 23.7 Å². The minimum absolute atomic E-state index is 0.495. The van der Waals surface area contributed by atoms with Crippen molar-refractivity contribution in [3.05, 3.63) is 65.9 Å². The molecular formula is C18H14F3N5OS. The second-order valence-corrected chi connectivity index (χ2v) is 6.45. The molecule has 3 rings (SSSR count). The number of amides is 2. The summed E-state index contributed by atoms with van der Waals surface area (Å²) in [5.74, 6) is 0. The first kappa shape index (κ1) is 19.5. The molecule has 3 aromatic rings. The lowest BCUT2D eigenvalue weighted by atomic mass is 10.2. The lowest BCUT2D eigenvalue weighted by Crippen LogP contribution is -2.24. The molecule has 0 atom stereocenters. The molecule has 0 spiro atoms. The SMILES string of the molecule is NC(=O)N/N=C/c1ccc2cccc(NSc3ccc(C(F)(F)F)cc3)c2n1. The van der Waals surface area contributed by atoms with Gasteiger partial charge in [0.05, 0.1) is 28.7 Å². The van der Waals surface area contributed by atoms with Crippen molar-refractivity contribution in [3.8, 4) is 0 Å². The number of nitrogens with one attached hydrogen (secondary N) is 2. The molecule has 4 N–H and O–H groups in total. The van der Waals surface area contributed by atoms with Gasteiger partial charge in [0.1, 0.15) is 0 Å². The largest absolute Gasteiger partial charge is 0.416 e. The highest BCUT2D eigenvalue weighted by Crippen LogP contribution is 2.32. The lowest BCUT2D eigenvalue weighted by molar-refractivity contribution is -0.137. The Morgan fingerprint density at radius 1 is 1.11 bits per heavy atom. The molecule has 0 unspecified atom stereocenters. The highest BCUT2D eigenvalue weighted by molar-refractivity contribution is 8.00. The third kappa shape index (κ3) is 4.92. The maximum Gasteiger partial charge on any atom is 0.416 e. The van der Waals surface area contributed by atoms with Crippen LogP contribution in [0.5, 0.6) is 0 Å². The van der Waals surface area contributed by atoms with Gasteiger partial charge in [-0.3, -0.25) is 0 Å². The number of primary amides is 1. The Kier molecular flexibility index (Phi) is 5.69. The summed E-state index contributed by atoms with van der Waals surface area (Å²) in [4.78, 5) is 15.7. The van der Waals surface area contributed by atoms with Gasteiger partial charge >= 0.3 is 12.2 Å². The average molecular weight is 405 g/mol. The van der Waals surface area contributed by atoms with Gasteiger partial charge in [0.2, 0.25) is 0 Å². The van der Waals surface area contributed by atoms with E-state index in [1.54, 1.807) is 12.1 Å². The molecule has 10 heteroatoms. The van der Waals surface area contributed by atoms with E-state index in [9.17, 15) is 18.0 Å². The summed E-state index contributed by atoms with van der Waals surface area (Å²) in [5, 5.41) is 4.53. The first-order chi connectivity index (χ1) is 13.3. The fraction of sp³-hybridized carbons (Fsp3) is 0.0556. The molecule has 0 radical (unpaired) electrons. The van der Waals surface area contributed by atoms with Gasteiger partial charge in [0.15, 0.2) is 0 Å². The van der Waals surface area contributed by atoms with Crippen LogP contribution in [0.2, 0.25) is 0 Å². The third-order valence-corrected chi connectivity index (χ3v) is 4.40. The van der Waals surface area contributed by atoms with Crippen LogP contribution < -0.4 is 15.9 Å². The number of pyridine rings is 1. The zero-order chi connectivity index (χ0) is 20.1. The third-order valence-electron chi connectivity index (χ3n) is 3.57. The van der Waals surface area contributed by atoms with Gasteiger partial charge in [-0.1, -0.05) is 18.2 Å². The molecular weight excluding hydrogens is 391 g/mol. The molecule has 0 aliphatic heterocycles. The number of nitrogens with zero attached hydrogens (tertiary/aromatic N) is 2. The summed E-state index contributed by atoms with van der Waals surface area (Å²) in [6, 6.07) is 13.1. The van der Waals surface area contributed by atoms with Crippen LogP contribution >= 0.6 is 11.9 Å². The fourth-order valence-electron chi connectivity index (χ4n) is 2.30. The van der Waals surface area contributed by atoms with Crippen LogP contribution in [0.25, 0.3) is 10.9 Å².